The number of amides is 1. The number of hydrogen-bond donors (Lipinski definition) is 12. The molecule has 3 heterocycles. The van der Waals surface area contributed by atoms with Gasteiger partial charge >= 0.3 is 0 Å². The molecule has 0 aromatic carbocycles. The molecule has 17 atom stereocenters. The van der Waals surface area contributed by atoms with Crippen molar-refractivity contribution in [1.29, 1.82) is 0 Å². The molecule has 3 fully saturated rings. The number of allylic oxidation sites excluding steroid dienone is 5. The van der Waals surface area contributed by atoms with Crippen molar-refractivity contribution in [2.45, 2.75) is 356 Å². The summed E-state index contributed by atoms with van der Waals surface area (Å²) >= 11 is 0. The molecule has 3 aliphatic rings. The monoisotopic (exact) mass is 1230 g/mol. The van der Waals surface area contributed by atoms with Crippen LogP contribution in [-0.4, -0.2) is 193 Å². The van der Waals surface area contributed by atoms with Gasteiger partial charge in [0.25, 0.3) is 0 Å². The normalized spacial score (nSPS) is 29.0. The lowest BCUT2D eigenvalue weighted by atomic mass is 9.96. The van der Waals surface area contributed by atoms with Crippen molar-refractivity contribution in [3.8, 4) is 0 Å². The van der Waals surface area contributed by atoms with Gasteiger partial charge in [0.1, 0.15) is 73.2 Å². The van der Waals surface area contributed by atoms with Crippen molar-refractivity contribution < 1.29 is 89.4 Å². The van der Waals surface area contributed by atoms with Crippen molar-refractivity contribution in [1.82, 2.24) is 5.32 Å². The molecule has 1 amide bonds. The van der Waals surface area contributed by atoms with E-state index in [9.17, 15) is 61.0 Å². The van der Waals surface area contributed by atoms with Crippen molar-refractivity contribution in [2.75, 3.05) is 26.4 Å². The summed E-state index contributed by atoms with van der Waals surface area (Å²) in [7, 11) is 0. The lowest BCUT2D eigenvalue weighted by molar-refractivity contribution is -0.379. The first kappa shape index (κ1) is 78.3. The van der Waals surface area contributed by atoms with E-state index in [4.69, 9.17) is 28.4 Å². The number of unbranched alkanes of at least 4 members (excludes halogenated alkanes) is 32. The highest BCUT2D eigenvalue weighted by molar-refractivity contribution is 5.76. The number of ether oxygens (including phenoxy) is 6. The Morgan fingerprint density at radius 1 is 0.419 bits per heavy atom. The molecule has 0 radical (unpaired) electrons. The van der Waals surface area contributed by atoms with Crippen molar-refractivity contribution >= 4 is 5.91 Å². The minimum Gasteiger partial charge on any atom is -0.394 e. The molecule has 12 N–H and O–H groups in total. The van der Waals surface area contributed by atoms with Crippen LogP contribution in [0.1, 0.15) is 251 Å². The van der Waals surface area contributed by atoms with Gasteiger partial charge < -0.3 is 89.9 Å². The predicted octanol–water partition coefficient (Wildman–Crippen LogP) is 8.44. The van der Waals surface area contributed by atoms with E-state index in [0.717, 1.165) is 51.4 Å². The Balaban J connectivity index is 1.38. The van der Waals surface area contributed by atoms with Gasteiger partial charge in [0.05, 0.1) is 38.6 Å². The van der Waals surface area contributed by atoms with Gasteiger partial charge in [0, 0.05) is 6.42 Å². The molecule has 0 aromatic rings. The number of carbonyl (C=O) groups is 1. The van der Waals surface area contributed by atoms with Gasteiger partial charge in [-0.25, -0.2) is 0 Å². The zero-order valence-corrected chi connectivity index (χ0v) is 53.0. The lowest BCUT2D eigenvalue weighted by Gasteiger charge is -2.48. The predicted molar refractivity (Wildman–Crippen MR) is 333 cm³/mol. The fraction of sp³-hybridized carbons (Fsp3) is 0.896. The summed E-state index contributed by atoms with van der Waals surface area (Å²) < 4.78 is 34.3. The average molecular weight is 1230 g/mol. The molecule has 3 aliphatic heterocycles. The second-order valence-corrected chi connectivity index (χ2v) is 24.6. The van der Waals surface area contributed by atoms with Crippen LogP contribution in [0.15, 0.2) is 36.5 Å². The first-order chi connectivity index (χ1) is 41.8. The van der Waals surface area contributed by atoms with Crippen LogP contribution in [0.25, 0.3) is 0 Å². The van der Waals surface area contributed by atoms with E-state index < -0.39 is 124 Å². The number of carbonyl (C=O) groups excluding carboxylic acids is 1. The van der Waals surface area contributed by atoms with Crippen molar-refractivity contribution in [3.05, 3.63) is 36.5 Å². The highest BCUT2D eigenvalue weighted by Gasteiger charge is 2.53. The summed E-state index contributed by atoms with van der Waals surface area (Å²) in [5.74, 6) is -0.274. The molecular formula is C67H123NO18. The van der Waals surface area contributed by atoms with E-state index in [1.807, 2.05) is 6.08 Å². The van der Waals surface area contributed by atoms with Gasteiger partial charge in [-0.1, -0.05) is 230 Å². The number of nitrogens with one attached hydrogen (secondary N) is 1. The zero-order chi connectivity index (χ0) is 62.6. The van der Waals surface area contributed by atoms with Gasteiger partial charge in [-0.05, 0) is 51.4 Å². The van der Waals surface area contributed by atoms with Crippen LogP contribution in [0.5, 0.6) is 0 Å². The molecule has 3 saturated heterocycles. The van der Waals surface area contributed by atoms with E-state index in [1.54, 1.807) is 6.08 Å². The van der Waals surface area contributed by atoms with Crippen molar-refractivity contribution in [3.63, 3.8) is 0 Å². The third kappa shape index (κ3) is 31.8. The molecule has 17 unspecified atom stereocenters. The van der Waals surface area contributed by atoms with E-state index in [1.165, 1.54) is 173 Å². The standard InChI is InChI=1S/C67H123NO18/c1-3-5-7-9-11-13-15-17-18-19-20-21-22-23-24-25-26-27-28-29-30-31-32-33-35-37-39-41-43-45-55(73)68-50(51(72)44-42-40-38-36-34-16-14-12-10-8-6-4-2)49-81-65-61(79)58(76)63(53(47-70)83-65)86-67-62(80)59(77)64(54(48-71)84-67)85-66-60(78)57(75)56(74)52(46-69)82-66/h15,17,19-20,42,44,50-54,56-67,69-72,74-80H,3-14,16,18,21-41,43,45-49H2,1-2H3,(H,68,73)/b17-15-,20-19-,44-42+. The molecule has 0 spiro atoms. The Bertz CT molecular complexity index is 1710. The van der Waals surface area contributed by atoms with E-state index in [2.05, 4.69) is 43.5 Å². The number of hydrogen-bond acceptors (Lipinski definition) is 18. The Kier molecular flexibility index (Phi) is 45.2. The second-order valence-electron chi connectivity index (χ2n) is 24.6. The minimum absolute atomic E-state index is 0.245. The lowest BCUT2D eigenvalue weighted by Crippen LogP contribution is -2.66. The maximum absolute atomic E-state index is 13.4. The summed E-state index contributed by atoms with van der Waals surface area (Å²) in [6.45, 7) is 1.72. The molecule has 504 valence electrons. The van der Waals surface area contributed by atoms with Gasteiger partial charge in [-0.15, -0.1) is 0 Å². The molecule has 0 bridgehead atoms. The molecule has 86 heavy (non-hydrogen) atoms. The number of rotatable bonds is 52. The zero-order valence-electron chi connectivity index (χ0n) is 53.0. The SMILES string of the molecule is CCCCCCC/C=C\C/C=C\CCCCCCCCCCCCCCCCCCCC(=O)NC(COC1OC(CO)C(OC2OC(CO)C(OC3OC(CO)C(O)C(O)C3O)C(O)C2O)C(O)C1O)C(O)/C=C/CCCCCCCCCCCC. The largest absolute Gasteiger partial charge is 0.394 e. The van der Waals surface area contributed by atoms with Crippen molar-refractivity contribution in [2.24, 2.45) is 0 Å². The van der Waals surface area contributed by atoms with Crippen LogP contribution in [-0.2, 0) is 33.2 Å². The van der Waals surface area contributed by atoms with Gasteiger partial charge in [-0.2, -0.15) is 0 Å². The number of aliphatic hydroxyl groups is 11. The van der Waals surface area contributed by atoms with Crippen LogP contribution in [0.4, 0.5) is 0 Å². The molecule has 3 rings (SSSR count). The van der Waals surface area contributed by atoms with Crippen LogP contribution in [0, 0.1) is 0 Å². The fourth-order valence-corrected chi connectivity index (χ4v) is 11.6. The second kappa shape index (κ2) is 49.7. The minimum atomic E-state index is -1.98. The quantitative estimate of drug-likeness (QED) is 0.0201. The Morgan fingerprint density at radius 3 is 1.19 bits per heavy atom. The van der Waals surface area contributed by atoms with Crippen LogP contribution < -0.4 is 5.32 Å². The Morgan fingerprint density at radius 2 is 0.767 bits per heavy atom. The van der Waals surface area contributed by atoms with Crippen LogP contribution >= 0.6 is 0 Å². The van der Waals surface area contributed by atoms with Gasteiger partial charge in [0.15, 0.2) is 18.9 Å². The fourth-order valence-electron chi connectivity index (χ4n) is 11.6. The highest BCUT2D eigenvalue weighted by Crippen LogP contribution is 2.33. The maximum Gasteiger partial charge on any atom is 0.220 e. The molecule has 19 heteroatoms. The molecular weight excluding hydrogens is 1110 g/mol. The summed E-state index contributed by atoms with van der Waals surface area (Å²) in [6.07, 6.45) is 29.9. The molecule has 0 saturated carbocycles. The van der Waals surface area contributed by atoms with E-state index >= 15 is 0 Å². The first-order valence-corrected chi connectivity index (χ1v) is 34.2. The maximum atomic E-state index is 13.4. The third-order valence-electron chi connectivity index (χ3n) is 17.2. The van der Waals surface area contributed by atoms with Gasteiger partial charge in [0.2, 0.25) is 5.91 Å². The average Bonchev–Trinajstić information content (AvgIpc) is 2.62. The topological polar surface area (TPSA) is 307 Å². The van der Waals surface area contributed by atoms with Gasteiger partial charge in [-0.3, -0.25) is 4.79 Å². The summed E-state index contributed by atoms with van der Waals surface area (Å²) in [5, 5.41) is 120. The van der Waals surface area contributed by atoms with E-state index in [-0.39, 0.29) is 18.9 Å². The molecule has 19 nitrogen and oxygen atoms in total. The highest BCUT2D eigenvalue weighted by atomic mass is 16.8. The summed E-state index contributed by atoms with van der Waals surface area (Å²) in [4.78, 5) is 13.4. The third-order valence-corrected chi connectivity index (χ3v) is 17.2. The molecule has 0 aromatic heterocycles. The molecule has 0 aliphatic carbocycles. The smallest absolute Gasteiger partial charge is 0.220 e. The first-order valence-electron chi connectivity index (χ1n) is 34.2. The van der Waals surface area contributed by atoms with E-state index in [0.29, 0.717) is 6.42 Å². The van der Waals surface area contributed by atoms with Crippen LogP contribution in [0.2, 0.25) is 0 Å². The van der Waals surface area contributed by atoms with Crippen LogP contribution in [0.3, 0.4) is 0 Å². The summed E-state index contributed by atoms with van der Waals surface area (Å²) in [6, 6.07) is -0.970. The summed E-state index contributed by atoms with van der Waals surface area (Å²) in [5.41, 5.74) is 0. The Labute approximate surface area is 517 Å². The number of aliphatic hydroxyl groups excluding tert-OH is 11. The Hall–Kier alpha value is -1.99.